The second-order valence-electron chi connectivity index (χ2n) is 3.68. The first-order valence-corrected chi connectivity index (χ1v) is 6.01. The lowest BCUT2D eigenvalue weighted by Crippen LogP contribution is -2.28. The molecule has 1 aromatic rings. The Morgan fingerprint density at radius 3 is 2.89 bits per heavy atom. The van der Waals surface area contributed by atoms with Gasteiger partial charge in [0, 0.05) is 18.5 Å². The first-order valence-electron chi connectivity index (χ1n) is 5.13. The Balaban J connectivity index is 0.00000324. The third-order valence-electron chi connectivity index (χ3n) is 1.82. The maximum atomic E-state index is 11.6. The van der Waals surface area contributed by atoms with Crippen LogP contribution < -0.4 is 5.32 Å². The maximum absolute atomic E-state index is 11.6. The summed E-state index contributed by atoms with van der Waals surface area (Å²) in [4.78, 5) is 31.6. The second-order valence-corrected chi connectivity index (χ2v) is 4.62. The fourth-order valence-electron chi connectivity index (χ4n) is 1.13. The summed E-state index contributed by atoms with van der Waals surface area (Å²) in [6, 6.07) is 0. The molecule has 0 aliphatic heterocycles. The van der Waals surface area contributed by atoms with Gasteiger partial charge in [-0.2, -0.15) is 0 Å². The molecule has 0 bridgehead atoms. The van der Waals surface area contributed by atoms with Crippen molar-refractivity contribution < 1.29 is 14.7 Å². The number of hydrogen-bond donors (Lipinski definition) is 1. The van der Waals surface area contributed by atoms with Gasteiger partial charge < -0.3 is 15.1 Å². The molecule has 0 aromatic carbocycles. The summed E-state index contributed by atoms with van der Waals surface area (Å²) in [5.41, 5.74) is 0.318. The first-order chi connectivity index (χ1) is 8.49. The highest BCUT2D eigenvalue weighted by Crippen LogP contribution is 2.10. The minimum atomic E-state index is -0.899. The van der Waals surface area contributed by atoms with Crippen LogP contribution in [0.2, 0.25) is 0 Å². The number of thiazole rings is 1. The van der Waals surface area contributed by atoms with Crippen molar-refractivity contribution >= 4 is 29.7 Å². The Hall–Kier alpha value is -1.45. The molecule has 0 aliphatic rings. The molecule has 0 radical (unpaired) electrons. The van der Waals surface area contributed by atoms with Gasteiger partial charge in [-0.05, 0) is 14.1 Å². The Morgan fingerprint density at radius 1 is 1.63 bits per heavy atom. The zero-order valence-corrected chi connectivity index (χ0v) is 12.1. The summed E-state index contributed by atoms with van der Waals surface area (Å²) in [6.45, 7) is 0.566. The first kappa shape index (κ1) is 17.6. The summed E-state index contributed by atoms with van der Waals surface area (Å²) >= 11 is 1.40. The van der Waals surface area contributed by atoms with Gasteiger partial charge in [0.1, 0.15) is 17.3 Å². The Morgan fingerprint density at radius 2 is 2.32 bits per heavy atom. The van der Waals surface area contributed by atoms with Gasteiger partial charge in [0.05, 0.1) is 0 Å². The number of carbonyl (C=O) groups is 1. The zero-order valence-electron chi connectivity index (χ0n) is 10.5. The third-order valence-corrected chi connectivity index (χ3v) is 2.65. The van der Waals surface area contributed by atoms with Crippen LogP contribution >= 0.6 is 23.7 Å². The van der Waals surface area contributed by atoms with E-state index in [0.29, 0.717) is 12.2 Å². The van der Waals surface area contributed by atoms with E-state index in [1.54, 1.807) is 5.38 Å². The molecule has 1 amide bonds. The van der Waals surface area contributed by atoms with Gasteiger partial charge in [-0.1, -0.05) is 0 Å². The lowest BCUT2D eigenvalue weighted by Gasteiger charge is -2.05. The standard InChI is InChI=1S/C9H14N4O4S.ClH/c1-12(2)5-8-11-7(6-18-8)9(14)10-3-4-17-13(15)16;/h6H,3-5H2,1-2H3,(H,10,14);1H. The predicted octanol–water partition coefficient (Wildman–Crippen LogP) is 0.565. The SMILES string of the molecule is CN(C)Cc1nc(C(=O)NCCO[N+](=O)[O-])cs1.Cl. The van der Waals surface area contributed by atoms with E-state index < -0.39 is 5.09 Å². The highest BCUT2D eigenvalue weighted by Gasteiger charge is 2.10. The summed E-state index contributed by atoms with van der Waals surface area (Å²) in [6.07, 6.45) is 0. The van der Waals surface area contributed by atoms with Gasteiger partial charge in [-0.15, -0.1) is 33.9 Å². The highest BCUT2D eigenvalue weighted by molar-refractivity contribution is 7.09. The van der Waals surface area contributed by atoms with Crippen LogP contribution in [0.15, 0.2) is 5.38 Å². The van der Waals surface area contributed by atoms with Gasteiger partial charge in [-0.25, -0.2) is 4.98 Å². The van der Waals surface area contributed by atoms with Crippen molar-refractivity contribution in [2.24, 2.45) is 0 Å². The van der Waals surface area contributed by atoms with E-state index in [2.05, 4.69) is 15.1 Å². The fraction of sp³-hybridized carbons (Fsp3) is 0.556. The minimum Gasteiger partial charge on any atom is -0.349 e. The van der Waals surface area contributed by atoms with Crippen molar-refractivity contribution in [3.05, 3.63) is 26.2 Å². The predicted molar refractivity (Wildman–Crippen MR) is 72.0 cm³/mol. The van der Waals surface area contributed by atoms with E-state index in [9.17, 15) is 14.9 Å². The number of halogens is 1. The van der Waals surface area contributed by atoms with Crippen LogP contribution in [0.1, 0.15) is 15.5 Å². The van der Waals surface area contributed by atoms with Gasteiger partial charge in [0.15, 0.2) is 0 Å². The Labute approximate surface area is 120 Å². The molecule has 0 atom stereocenters. The largest absolute Gasteiger partial charge is 0.349 e. The molecule has 0 saturated heterocycles. The quantitative estimate of drug-likeness (QED) is 0.449. The number of nitrogens with one attached hydrogen (secondary N) is 1. The normalized spacial score (nSPS) is 9.84. The van der Waals surface area contributed by atoms with Crippen molar-refractivity contribution in [3.8, 4) is 0 Å². The van der Waals surface area contributed by atoms with Gasteiger partial charge in [0.2, 0.25) is 0 Å². The smallest absolute Gasteiger partial charge is 0.294 e. The van der Waals surface area contributed by atoms with Crippen molar-refractivity contribution in [2.45, 2.75) is 6.54 Å². The third kappa shape index (κ3) is 6.89. The van der Waals surface area contributed by atoms with E-state index in [0.717, 1.165) is 5.01 Å². The summed E-state index contributed by atoms with van der Waals surface area (Å²) < 4.78 is 0. The molecule has 0 unspecified atom stereocenters. The summed E-state index contributed by atoms with van der Waals surface area (Å²) in [5, 5.41) is 14.0. The van der Waals surface area contributed by atoms with Crippen molar-refractivity contribution in [1.29, 1.82) is 0 Å². The van der Waals surface area contributed by atoms with Gasteiger partial charge in [-0.3, -0.25) is 4.79 Å². The van der Waals surface area contributed by atoms with Crippen molar-refractivity contribution in [3.63, 3.8) is 0 Å². The van der Waals surface area contributed by atoms with Gasteiger partial charge in [0.25, 0.3) is 11.0 Å². The maximum Gasteiger partial charge on any atom is 0.294 e. The molecule has 1 N–H and O–H groups in total. The van der Waals surface area contributed by atoms with Crippen LogP contribution in [0, 0.1) is 10.1 Å². The van der Waals surface area contributed by atoms with Crippen molar-refractivity contribution in [2.75, 3.05) is 27.2 Å². The van der Waals surface area contributed by atoms with Crippen molar-refractivity contribution in [1.82, 2.24) is 15.2 Å². The molecule has 19 heavy (non-hydrogen) atoms. The van der Waals surface area contributed by atoms with E-state index in [1.165, 1.54) is 11.3 Å². The molecular formula is C9H15ClN4O4S. The summed E-state index contributed by atoms with van der Waals surface area (Å²) in [5.74, 6) is -0.358. The Bertz CT molecular complexity index is 426. The molecule has 108 valence electrons. The molecule has 0 spiro atoms. The molecule has 1 heterocycles. The zero-order chi connectivity index (χ0) is 13.5. The van der Waals surface area contributed by atoms with E-state index >= 15 is 0 Å². The van der Waals surface area contributed by atoms with E-state index in [1.807, 2.05) is 19.0 Å². The number of rotatable bonds is 7. The van der Waals surface area contributed by atoms with E-state index in [4.69, 9.17) is 0 Å². The van der Waals surface area contributed by atoms with Crippen LogP contribution in [-0.2, 0) is 11.4 Å². The fourth-order valence-corrected chi connectivity index (χ4v) is 2.02. The molecule has 1 aromatic heterocycles. The van der Waals surface area contributed by atoms with Crippen LogP contribution in [0.4, 0.5) is 0 Å². The number of carbonyl (C=O) groups excluding carboxylic acids is 1. The molecule has 0 saturated carbocycles. The second kappa shape index (κ2) is 8.62. The average Bonchev–Trinajstić information content (AvgIpc) is 2.71. The highest BCUT2D eigenvalue weighted by atomic mass is 35.5. The molecule has 0 fully saturated rings. The molecule has 10 heteroatoms. The average molecular weight is 311 g/mol. The lowest BCUT2D eigenvalue weighted by molar-refractivity contribution is -0.757. The number of aromatic nitrogens is 1. The van der Waals surface area contributed by atoms with Crippen LogP contribution in [0.3, 0.4) is 0 Å². The van der Waals surface area contributed by atoms with Crippen LogP contribution in [0.5, 0.6) is 0 Å². The number of nitrogens with zero attached hydrogens (tertiary/aromatic N) is 3. The van der Waals surface area contributed by atoms with Crippen LogP contribution in [0.25, 0.3) is 0 Å². The number of hydrogen-bond acceptors (Lipinski definition) is 7. The topological polar surface area (TPSA) is 97.6 Å². The minimum absolute atomic E-state index is 0. The lowest BCUT2D eigenvalue weighted by atomic mass is 10.4. The molecule has 8 nitrogen and oxygen atoms in total. The molecule has 0 aliphatic carbocycles. The summed E-state index contributed by atoms with van der Waals surface area (Å²) in [7, 11) is 3.83. The molecular weight excluding hydrogens is 296 g/mol. The Kier molecular flexibility index (Phi) is 7.96. The van der Waals surface area contributed by atoms with E-state index in [-0.39, 0.29) is 31.5 Å². The number of amides is 1. The molecule has 1 rings (SSSR count). The monoisotopic (exact) mass is 310 g/mol. The van der Waals surface area contributed by atoms with Crippen LogP contribution in [-0.4, -0.2) is 48.1 Å². The van der Waals surface area contributed by atoms with Gasteiger partial charge >= 0.3 is 0 Å².